The normalized spacial score (nSPS) is 16.1. The Bertz CT molecular complexity index is 491. The predicted molar refractivity (Wildman–Crippen MR) is 66.7 cm³/mol. The molecule has 20 heavy (non-hydrogen) atoms. The topological polar surface area (TPSA) is 40.6 Å². The van der Waals surface area contributed by atoms with Crippen LogP contribution >= 0.6 is 0 Å². The quantitative estimate of drug-likeness (QED) is 0.777. The number of nitrogens with zero attached hydrogens (tertiary/aromatic N) is 2. The highest BCUT2D eigenvalue weighted by atomic mass is 19.4. The molecule has 1 heterocycles. The third-order valence-electron chi connectivity index (χ3n) is 3.20. The summed E-state index contributed by atoms with van der Waals surface area (Å²) < 4.78 is 36.9. The van der Waals surface area contributed by atoms with Crippen LogP contribution in [0.5, 0.6) is 0 Å². The first-order valence-corrected chi connectivity index (χ1v) is 6.08. The van der Waals surface area contributed by atoms with Gasteiger partial charge in [0.2, 0.25) is 0 Å². The van der Waals surface area contributed by atoms with Crippen LogP contribution < -0.4 is 4.90 Å². The standard InChI is InChI=1S/C13H13F3N2O2/c14-13(15,16)12(20)18-7-5-17(6-8-18)11-3-1-10(9-19)2-4-11/h1-4,9H,5-8H2. The van der Waals surface area contributed by atoms with Crippen molar-refractivity contribution in [3.05, 3.63) is 29.8 Å². The summed E-state index contributed by atoms with van der Waals surface area (Å²) in [7, 11) is 0. The third-order valence-corrected chi connectivity index (χ3v) is 3.20. The molecule has 1 aromatic carbocycles. The van der Waals surface area contributed by atoms with Crippen molar-refractivity contribution in [3.63, 3.8) is 0 Å². The van der Waals surface area contributed by atoms with Gasteiger partial charge in [-0.3, -0.25) is 9.59 Å². The average Bonchev–Trinajstić information content (AvgIpc) is 2.46. The molecule has 1 saturated heterocycles. The molecule has 1 fully saturated rings. The summed E-state index contributed by atoms with van der Waals surface area (Å²) in [6.45, 7) is 0.742. The highest BCUT2D eigenvalue weighted by Crippen LogP contribution is 2.21. The lowest BCUT2D eigenvalue weighted by Gasteiger charge is -2.36. The van der Waals surface area contributed by atoms with Crippen LogP contribution in [-0.4, -0.2) is 49.4 Å². The molecular formula is C13H13F3N2O2. The molecule has 108 valence electrons. The maximum atomic E-state index is 12.3. The number of benzene rings is 1. The van der Waals surface area contributed by atoms with Gasteiger partial charge < -0.3 is 9.80 Å². The summed E-state index contributed by atoms with van der Waals surface area (Å²) in [5.74, 6) is -1.78. The SMILES string of the molecule is O=Cc1ccc(N2CCN(C(=O)C(F)(F)F)CC2)cc1. The zero-order valence-corrected chi connectivity index (χ0v) is 10.6. The van der Waals surface area contributed by atoms with E-state index in [4.69, 9.17) is 0 Å². The molecule has 0 unspecified atom stereocenters. The van der Waals surface area contributed by atoms with E-state index in [2.05, 4.69) is 0 Å². The number of amides is 1. The summed E-state index contributed by atoms with van der Waals surface area (Å²) in [6, 6.07) is 6.78. The van der Waals surface area contributed by atoms with Crippen LogP contribution in [0.1, 0.15) is 10.4 Å². The van der Waals surface area contributed by atoms with Crippen LogP contribution in [0.3, 0.4) is 0 Å². The first-order valence-electron chi connectivity index (χ1n) is 6.08. The molecular weight excluding hydrogens is 273 g/mol. The number of anilines is 1. The van der Waals surface area contributed by atoms with Gasteiger partial charge in [0.25, 0.3) is 0 Å². The fourth-order valence-corrected chi connectivity index (χ4v) is 2.11. The van der Waals surface area contributed by atoms with Gasteiger partial charge >= 0.3 is 12.1 Å². The first kappa shape index (κ1) is 14.4. The molecule has 2 rings (SSSR count). The number of rotatable bonds is 2. The number of halogens is 3. The lowest BCUT2D eigenvalue weighted by atomic mass is 10.2. The van der Waals surface area contributed by atoms with Gasteiger partial charge in [0.05, 0.1) is 0 Å². The van der Waals surface area contributed by atoms with Crippen LogP contribution in [0.15, 0.2) is 24.3 Å². The summed E-state index contributed by atoms with van der Waals surface area (Å²) in [5, 5.41) is 0. The van der Waals surface area contributed by atoms with Crippen molar-refractivity contribution in [2.75, 3.05) is 31.1 Å². The van der Waals surface area contributed by atoms with E-state index in [9.17, 15) is 22.8 Å². The molecule has 0 atom stereocenters. The van der Waals surface area contributed by atoms with Gasteiger partial charge in [-0.1, -0.05) is 0 Å². The Morgan fingerprint density at radius 1 is 1.05 bits per heavy atom. The van der Waals surface area contributed by atoms with Crippen molar-refractivity contribution in [2.45, 2.75) is 6.18 Å². The number of piperazine rings is 1. The fourth-order valence-electron chi connectivity index (χ4n) is 2.11. The largest absolute Gasteiger partial charge is 0.471 e. The minimum absolute atomic E-state index is 0.0355. The van der Waals surface area contributed by atoms with Crippen molar-refractivity contribution < 1.29 is 22.8 Å². The second kappa shape index (κ2) is 5.52. The monoisotopic (exact) mass is 286 g/mol. The highest BCUT2D eigenvalue weighted by Gasteiger charge is 2.43. The summed E-state index contributed by atoms with van der Waals surface area (Å²) in [6.07, 6.45) is -4.09. The molecule has 0 aromatic heterocycles. The fraction of sp³-hybridized carbons (Fsp3) is 0.385. The smallest absolute Gasteiger partial charge is 0.368 e. The van der Waals surface area contributed by atoms with E-state index < -0.39 is 12.1 Å². The Balaban J connectivity index is 1.97. The van der Waals surface area contributed by atoms with E-state index >= 15 is 0 Å². The lowest BCUT2D eigenvalue weighted by Crippen LogP contribution is -2.52. The molecule has 1 aliphatic rings. The minimum Gasteiger partial charge on any atom is -0.368 e. The molecule has 0 N–H and O–H groups in total. The lowest BCUT2D eigenvalue weighted by molar-refractivity contribution is -0.185. The number of carbonyl (C=O) groups is 2. The highest BCUT2D eigenvalue weighted by molar-refractivity contribution is 5.82. The number of carbonyl (C=O) groups excluding carboxylic acids is 2. The van der Waals surface area contributed by atoms with Crippen molar-refractivity contribution >= 4 is 17.9 Å². The number of alkyl halides is 3. The van der Waals surface area contributed by atoms with Gasteiger partial charge in [-0.25, -0.2) is 0 Å². The summed E-state index contributed by atoms with van der Waals surface area (Å²) in [5.41, 5.74) is 1.37. The van der Waals surface area contributed by atoms with Crippen LogP contribution in [0.2, 0.25) is 0 Å². The van der Waals surface area contributed by atoms with E-state index in [1.54, 1.807) is 24.3 Å². The van der Waals surface area contributed by atoms with Gasteiger partial charge in [-0.15, -0.1) is 0 Å². The van der Waals surface area contributed by atoms with E-state index in [1.165, 1.54) is 0 Å². The van der Waals surface area contributed by atoms with Crippen LogP contribution in [0.25, 0.3) is 0 Å². The Morgan fingerprint density at radius 3 is 2.05 bits per heavy atom. The average molecular weight is 286 g/mol. The molecule has 0 radical (unpaired) electrons. The molecule has 0 aliphatic carbocycles. The molecule has 0 bridgehead atoms. The van der Waals surface area contributed by atoms with Crippen LogP contribution in [0.4, 0.5) is 18.9 Å². The van der Waals surface area contributed by atoms with E-state index in [-0.39, 0.29) is 13.1 Å². The van der Waals surface area contributed by atoms with Gasteiger partial charge in [0, 0.05) is 37.4 Å². The molecule has 4 nitrogen and oxygen atoms in total. The second-order valence-electron chi connectivity index (χ2n) is 4.49. The number of aldehydes is 1. The van der Waals surface area contributed by atoms with Gasteiger partial charge in [0.1, 0.15) is 6.29 Å². The van der Waals surface area contributed by atoms with Crippen molar-refractivity contribution in [3.8, 4) is 0 Å². The van der Waals surface area contributed by atoms with Gasteiger partial charge in [-0.2, -0.15) is 13.2 Å². The first-order chi connectivity index (χ1) is 9.41. The van der Waals surface area contributed by atoms with Crippen molar-refractivity contribution in [1.82, 2.24) is 4.90 Å². The van der Waals surface area contributed by atoms with Gasteiger partial charge in [0.15, 0.2) is 0 Å². The number of hydrogen-bond acceptors (Lipinski definition) is 3. The Hall–Kier alpha value is -2.05. The maximum absolute atomic E-state index is 12.3. The molecule has 1 aliphatic heterocycles. The Morgan fingerprint density at radius 2 is 1.60 bits per heavy atom. The molecule has 0 spiro atoms. The van der Waals surface area contributed by atoms with Crippen molar-refractivity contribution in [1.29, 1.82) is 0 Å². The van der Waals surface area contributed by atoms with Crippen LogP contribution in [-0.2, 0) is 4.79 Å². The summed E-state index contributed by atoms with van der Waals surface area (Å²) >= 11 is 0. The Kier molecular flexibility index (Phi) is 3.96. The van der Waals surface area contributed by atoms with Crippen LogP contribution in [0, 0.1) is 0 Å². The molecule has 7 heteroatoms. The molecule has 1 aromatic rings. The van der Waals surface area contributed by atoms with Gasteiger partial charge in [-0.05, 0) is 24.3 Å². The minimum atomic E-state index is -4.81. The maximum Gasteiger partial charge on any atom is 0.471 e. The third kappa shape index (κ3) is 3.09. The van der Waals surface area contributed by atoms with Crippen molar-refractivity contribution in [2.24, 2.45) is 0 Å². The molecule has 0 saturated carbocycles. The number of hydrogen-bond donors (Lipinski definition) is 0. The zero-order chi connectivity index (χ0) is 14.8. The van der Waals surface area contributed by atoms with E-state index in [0.29, 0.717) is 18.7 Å². The molecule has 1 amide bonds. The second-order valence-corrected chi connectivity index (χ2v) is 4.49. The summed E-state index contributed by atoms with van der Waals surface area (Å²) in [4.78, 5) is 24.3. The Labute approximate surface area is 113 Å². The predicted octanol–water partition coefficient (Wildman–Crippen LogP) is 1.71. The zero-order valence-electron chi connectivity index (χ0n) is 10.6. The van der Waals surface area contributed by atoms with E-state index in [1.807, 2.05) is 4.90 Å². The van der Waals surface area contributed by atoms with E-state index in [0.717, 1.165) is 16.9 Å².